The molecule has 1 aliphatic rings. The number of H-pyrrole nitrogens is 1. The van der Waals surface area contributed by atoms with E-state index in [0.717, 1.165) is 0 Å². The van der Waals surface area contributed by atoms with Crippen LogP contribution in [-0.2, 0) is 11.3 Å². The summed E-state index contributed by atoms with van der Waals surface area (Å²) in [5.41, 5.74) is 3.26. The third kappa shape index (κ3) is 3.13. The lowest BCUT2D eigenvalue weighted by Gasteiger charge is -2.26. The summed E-state index contributed by atoms with van der Waals surface area (Å²) in [5.74, 6) is 0.355. The van der Waals surface area contributed by atoms with Crippen molar-refractivity contribution in [2.75, 3.05) is 26.3 Å². The van der Waals surface area contributed by atoms with Gasteiger partial charge in [0.2, 0.25) is 0 Å². The van der Waals surface area contributed by atoms with Crippen LogP contribution in [0.2, 0.25) is 0 Å². The van der Waals surface area contributed by atoms with Gasteiger partial charge in [0.1, 0.15) is 11.6 Å². The van der Waals surface area contributed by atoms with Crippen molar-refractivity contribution in [3.05, 3.63) is 41.2 Å². The highest BCUT2D eigenvalue weighted by atomic mass is 16.5. The fourth-order valence-corrected chi connectivity index (χ4v) is 3.23. The van der Waals surface area contributed by atoms with Crippen LogP contribution < -0.4 is 0 Å². The number of nitrogens with zero attached hydrogens (tertiary/aromatic N) is 3. The Morgan fingerprint density at radius 3 is 2.85 bits per heavy atom. The molecule has 8 nitrogen and oxygen atoms in total. The van der Waals surface area contributed by atoms with Crippen LogP contribution in [0.15, 0.2) is 24.4 Å². The van der Waals surface area contributed by atoms with Crippen LogP contribution in [-0.4, -0.2) is 62.3 Å². The van der Waals surface area contributed by atoms with Crippen molar-refractivity contribution < 1.29 is 19.7 Å². The minimum Gasteiger partial charge on any atom is -0.505 e. The van der Waals surface area contributed by atoms with E-state index in [9.17, 15) is 15.0 Å². The summed E-state index contributed by atoms with van der Waals surface area (Å²) in [6.45, 7) is 3.67. The molecule has 0 spiro atoms. The molecule has 1 amide bonds. The lowest BCUT2D eigenvalue weighted by atomic mass is 10.1. The number of carbonyl (C=O) groups is 1. The van der Waals surface area contributed by atoms with Crippen LogP contribution in [0.1, 0.15) is 21.6 Å². The second-order valence-corrected chi connectivity index (χ2v) is 6.47. The van der Waals surface area contributed by atoms with Crippen molar-refractivity contribution in [1.82, 2.24) is 19.9 Å². The van der Waals surface area contributed by atoms with Crippen molar-refractivity contribution in [2.45, 2.75) is 13.5 Å². The maximum absolute atomic E-state index is 12.7. The van der Waals surface area contributed by atoms with E-state index < -0.39 is 0 Å². The Kier molecular flexibility index (Phi) is 4.51. The van der Waals surface area contributed by atoms with E-state index in [1.807, 2.05) is 0 Å². The minimum atomic E-state index is -0.270. The van der Waals surface area contributed by atoms with Crippen molar-refractivity contribution in [3.63, 3.8) is 0 Å². The second kappa shape index (κ2) is 6.98. The molecule has 0 atom stereocenters. The summed E-state index contributed by atoms with van der Waals surface area (Å²) >= 11 is 0. The number of aliphatic hydroxyl groups excluding tert-OH is 1. The number of imidazole rings is 1. The SMILES string of the molecule is Cc1ncc(CO)c(-c2nc3ccc(C(=O)N4CCOCC4)cc3[nH]2)c1O. The smallest absolute Gasteiger partial charge is 0.254 e. The first kappa shape index (κ1) is 17.4. The summed E-state index contributed by atoms with van der Waals surface area (Å²) < 4.78 is 5.29. The van der Waals surface area contributed by atoms with E-state index in [1.165, 1.54) is 6.20 Å². The maximum atomic E-state index is 12.7. The van der Waals surface area contributed by atoms with Gasteiger partial charge < -0.3 is 24.8 Å². The Morgan fingerprint density at radius 2 is 2.11 bits per heavy atom. The fraction of sp³-hybridized carbons (Fsp3) is 0.316. The Morgan fingerprint density at radius 1 is 1.33 bits per heavy atom. The van der Waals surface area contributed by atoms with Gasteiger partial charge in [-0.05, 0) is 25.1 Å². The number of pyridine rings is 1. The number of rotatable bonds is 3. The van der Waals surface area contributed by atoms with Gasteiger partial charge in [0.25, 0.3) is 5.91 Å². The fourth-order valence-electron chi connectivity index (χ4n) is 3.23. The van der Waals surface area contributed by atoms with Gasteiger partial charge in [-0.15, -0.1) is 0 Å². The normalized spacial score (nSPS) is 14.7. The highest BCUT2D eigenvalue weighted by Gasteiger charge is 2.20. The average Bonchev–Trinajstić information content (AvgIpc) is 3.12. The number of aromatic amines is 1. The molecule has 1 aromatic carbocycles. The number of aromatic hydroxyl groups is 1. The second-order valence-electron chi connectivity index (χ2n) is 6.47. The first-order valence-corrected chi connectivity index (χ1v) is 8.74. The van der Waals surface area contributed by atoms with Crippen LogP contribution in [0.25, 0.3) is 22.4 Å². The first-order valence-electron chi connectivity index (χ1n) is 8.74. The number of aryl methyl sites for hydroxylation is 1. The molecular formula is C19H20N4O4. The van der Waals surface area contributed by atoms with Crippen LogP contribution in [0, 0.1) is 6.92 Å². The number of hydrogen-bond donors (Lipinski definition) is 3. The van der Waals surface area contributed by atoms with E-state index in [2.05, 4.69) is 15.0 Å². The molecule has 2 aromatic heterocycles. The molecule has 8 heteroatoms. The molecule has 0 aliphatic carbocycles. The summed E-state index contributed by atoms with van der Waals surface area (Å²) in [6, 6.07) is 5.27. The number of benzene rings is 1. The molecule has 1 aliphatic heterocycles. The van der Waals surface area contributed by atoms with Crippen molar-refractivity contribution in [1.29, 1.82) is 0 Å². The predicted molar refractivity (Wildman–Crippen MR) is 98.4 cm³/mol. The summed E-state index contributed by atoms with van der Waals surface area (Å²) in [5, 5.41) is 20.0. The number of nitrogens with one attached hydrogen (secondary N) is 1. The van der Waals surface area contributed by atoms with Crippen LogP contribution >= 0.6 is 0 Å². The van der Waals surface area contributed by atoms with Gasteiger partial charge in [0.15, 0.2) is 0 Å². The molecular weight excluding hydrogens is 348 g/mol. The number of aromatic nitrogens is 3. The lowest BCUT2D eigenvalue weighted by Crippen LogP contribution is -2.40. The molecule has 140 valence electrons. The van der Waals surface area contributed by atoms with Crippen molar-refractivity contribution >= 4 is 16.9 Å². The number of hydrogen-bond acceptors (Lipinski definition) is 6. The first-order chi connectivity index (χ1) is 13.1. The number of fused-ring (bicyclic) bond motifs is 1. The van der Waals surface area contributed by atoms with Crippen LogP contribution in [0.4, 0.5) is 0 Å². The van der Waals surface area contributed by atoms with Gasteiger partial charge in [0.05, 0.1) is 42.1 Å². The van der Waals surface area contributed by atoms with Crippen LogP contribution in [0.3, 0.4) is 0 Å². The van der Waals surface area contributed by atoms with Crippen LogP contribution in [0.5, 0.6) is 5.75 Å². The highest BCUT2D eigenvalue weighted by Crippen LogP contribution is 2.33. The molecule has 1 saturated heterocycles. The standard InChI is InChI=1S/C19H20N4O4/c1-11-17(25)16(13(10-24)9-20-11)18-21-14-3-2-12(8-15(14)22-18)19(26)23-4-6-27-7-5-23/h2-3,8-9,24-25H,4-7,10H2,1H3,(H,21,22). The molecule has 4 rings (SSSR count). The van der Waals surface area contributed by atoms with E-state index >= 15 is 0 Å². The van der Waals surface area contributed by atoms with Gasteiger partial charge in [-0.25, -0.2) is 4.98 Å². The van der Waals surface area contributed by atoms with Gasteiger partial charge >= 0.3 is 0 Å². The lowest BCUT2D eigenvalue weighted by molar-refractivity contribution is 0.0303. The number of morpholine rings is 1. The molecule has 0 saturated carbocycles. The summed E-state index contributed by atoms with van der Waals surface area (Å²) in [7, 11) is 0. The maximum Gasteiger partial charge on any atom is 0.254 e. The predicted octanol–water partition coefficient (Wildman–Crippen LogP) is 1.60. The Hall–Kier alpha value is -2.97. The quantitative estimate of drug-likeness (QED) is 0.647. The molecule has 0 unspecified atom stereocenters. The van der Waals surface area contributed by atoms with Gasteiger partial charge in [0, 0.05) is 30.4 Å². The highest BCUT2D eigenvalue weighted by molar-refractivity contribution is 5.98. The number of ether oxygens (including phenoxy) is 1. The Labute approximate surface area is 155 Å². The Bertz CT molecular complexity index is 1010. The number of amides is 1. The third-order valence-corrected chi connectivity index (χ3v) is 4.75. The summed E-state index contributed by atoms with van der Waals surface area (Å²) in [4.78, 5) is 26.2. The number of aliphatic hydroxyl groups is 1. The van der Waals surface area contributed by atoms with E-state index in [-0.39, 0.29) is 18.3 Å². The average molecular weight is 368 g/mol. The number of carbonyl (C=O) groups excluding carboxylic acids is 1. The topological polar surface area (TPSA) is 112 Å². The monoisotopic (exact) mass is 368 g/mol. The van der Waals surface area contributed by atoms with Crippen molar-refractivity contribution in [2.24, 2.45) is 0 Å². The van der Waals surface area contributed by atoms with Gasteiger partial charge in [-0.1, -0.05) is 0 Å². The van der Waals surface area contributed by atoms with E-state index in [0.29, 0.717) is 65.5 Å². The molecule has 0 bridgehead atoms. The summed E-state index contributed by atoms with van der Waals surface area (Å²) in [6.07, 6.45) is 1.52. The zero-order valence-corrected chi connectivity index (χ0v) is 14.9. The van der Waals surface area contributed by atoms with Gasteiger partial charge in [-0.3, -0.25) is 9.78 Å². The van der Waals surface area contributed by atoms with Gasteiger partial charge in [-0.2, -0.15) is 0 Å². The third-order valence-electron chi connectivity index (χ3n) is 4.75. The van der Waals surface area contributed by atoms with E-state index in [1.54, 1.807) is 30.0 Å². The zero-order valence-electron chi connectivity index (χ0n) is 14.9. The Balaban J connectivity index is 1.74. The van der Waals surface area contributed by atoms with Crippen molar-refractivity contribution in [3.8, 4) is 17.1 Å². The zero-order chi connectivity index (χ0) is 19.0. The molecule has 3 aromatic rings. The molecule has 1 fully saturated rings. The van der Waals surface area contributed by atoms with E-state index in [4.69, 9.17) is 4.74 Å². The minimum absolute atomic E-state index is 0.0229. The largest absolute Gasteiger partial charge is 0.505 e. The molecule has 3 N–H and O–H groups in total. The molecule has 0 radical (unpaired) electrons. The molecule has 3 heterocycles. The molecule has 27 heavy (non-hydrogen) atoms.